The fourth-order valence-electron chi connectivity index (χ4n) is 2.06. The highest BCUT2D eigenvalue weighted by molar-refractivity contribution is 7.89. The van der Waals surface area contributed by atoms with Gasteiger partial charge in [-0.2, -0.15) is 4.31 Å². The Morgan fingerprint density at radius 1 is 1.17 bits per heavy atom. The molecule has 1 aromatic rings. The minimum Gasteiger partial charge on any atom is -0.210 e. The first-order chi connectivity index (χ1) is 8.30. The fraction of sp³-hybridized carbons (Fsp3) is 0.500. The molecule has 1 saturated heterocycles. The van der Waals surface area contributed by atoms with Gasteiger partial charge in [0.15, 0.2) is 0 Å². The van der Waals surface area contributed by atoms with E-state index in [1.54, 1.807) is 12.1 Å². The van der Waals surface area contributed by atoms with Crippen molar-refractivity contribution in [3.8, 4) is 0 Å². The lowest BCUT2D eigenvalue weighted by Gasteiger charge is -2.37. The van der Waals surface area contributed by atoms with Crippen molar-refractivity contribution < 1.29 is 17.2 Å². The molecule has 0 unspecified atom stereocenters. The second-order valence-electron chi connectivity index (χ2n) is 4.74. The van der Waals surface area contributed by atoms with Gasteiger partial charge in [0.25, 0.3) is 0 Å². The summed E-state index contributed by atoms with van der Waals surface area (Å²) in [6, 6.07) is 5.01. The highest BCUT2D eigenvalue weighted by Gasteiger charge is 2.41. The van der Waals surface area contributed by atoms with Gasteiger partial charge in [0.05, 0.1) is 4.90 Å². The summed E-state index contributed by atoms with van der Waals surface area (Å²) in [4.78, 5) is 0.188. The zero-order chi connectivity index (χ0) is 13.5. The van der Waals surface area contributed by atoms with Crippen LogP contribution in [0.2, 0.25) is 0 Å². The van der Waals surface area contributed by atoms with Crippen LogP contribution in [0.1, 0.15) is 11.1 Å². The summed E-state index contributed by atoms with van der Waals surface area (Å²) < 4.78 is 50.1. The predicted octanol–water partition coefficient (Wildman–Crippen LogP) is 2.19. The van der Waals surface area contributed by atoms with Crippen LogP contribution in [0, 0.1) is 19.8 Å². The van der Waals surface area contributed by atoms with Crippen LogP contribution in [0.3, 0.4) is 0 Å². The first kappa shape index (κ1) is 13.4. The average Bonchev–Trinajstić information content (AvgIpc) is 2.11. The zero-order valence-electron chi connectivity index (χ0n) is 10.2. The average molecular weight is 275 g/mol. The molecule has 0 aromatic heterocycles. The molecule has 1 heterocycles. The van der Waals surface area contributed by atoms with E-state index in [0.29, 0.717) is 0 Å². The Morgan fingerprint density at radius 2 is 1.67 bits per heavy atom. The molecule has 0 radical (unpaired) electrons. The van der Waals surface area contributed by atoms with E-state index in [0.717, 1.165) is 15.4 Å². The second-order valence-corrected chi connectivity index (χ2v) is 6.68. The van der Waals surface area contributed by atoms with Gasteiger partial charge in [0.2, 0.25) is 16.4 Å². The number of sulfonamides is 1. The molecule has 1 aliphatic rings. The third kappa shape index (κ3) is 2.40. The molecule has 0 N–H and O–H groups in total. The molecule has 0 aliphatic carbocycles. The molecule has 3 nitrogen and oxygen atoms in total. The Bertz CT molecular complexity index is 531. The van der Waals surface area contributed by atoms with E-state index in [-0.39, 0.29) is 18.0 Å². The van der Waals surface area contributed by atoms with Crippen molar-refractivity contribution in [2.45, 2.75) is 25.2 Å². The second kappa shape index (κ2) is 4.59. The van der Waals surface area contributed by atoms with Gasteiger partial charge >= 0.3 is 0 Å². The van der Waals surface area contributed by atoms with E-state index in [4.69, 9.17) is 0 Å². The van der Waals surface area contributed by atoms with E-state index in [1.807, 2.05) is 19.9 Å². The lowest BCUT2D eigenvalue weighted by molar-refractivity contribution is 0.0123. The maximum Gasteiger partial charge on any atom is 0.243 e. The Morgan fingerprint density at radius 3 is 2.11 bits per heavy atom. The number of rotatable bonds is 3. The summed E-state index contributed by atoms with van der Waals surface area (Å²) >= 11 is 0. The summed E-state index contributed by atoms with van der Waals surface area (Å²) in [5.74, 6) is -0.828. The van der Waals surface area contributed by atoms with Crippen molar-refractivity contribution in [1.29, 1.82) is 0 Å². The topological polar surface area (TPSA) is 37.4 Å². The van der Waals surface area contributed by atoms with E-state index in [1.165, 1.54) is 0 Å². The van der Waals surface area contributed by atoms with Crippen molar-refractivity contribution in [1.82, 2.24) is 4.31 Å². The third-order valence-corrected chi connectivity index (χ3v) is 4.88. The van der Waals surface area contributed by atoms with E-state index >= 15 is 0 Å². The molecule has 100 valence electrons. The standard InChI is InChI=1S/C12H15F2NO2S/c1-8-3-9(2)5-11(4-8)18(16,17)15-6-10(7-15)12(13)14/h3-5,10,12H,6-7H2,1-2H3. The molecule has 0 bridgehead atoms. The van der Waals surface area contributed by atoms with Gasteiger partial charge in [-0.1, -0.05) is 6.07 Å². The lowest BCUT2D eigenvalue weighted by Crippen LogP contribution is -2.52. The molecule has 6 heteroatoms. The van der Waals surface area contributed by atoms with Crippen LogP contribution < -0.4 is 0 Å². The maximum atomic E-state index is 12.4. The lowest BCUT2D eigenvalue weighted by atomic mass is 10.1. The van der Waals surface area contributed by atoms with Crippen molar-refractivity contribution in [3.63, 3.8) is 0 Å². The fourth-order valence-corrected chi connectivity index (χ4v) is 3.80. The Labute approximate surface area is 105 Å². The zero-order valence-corrected chi connectivity index (χ0v) is 11.0. The number of alkyl halides is 2. The minimum absolute atomic E-state index is 0.0903. The summed E-state index contributed by atoms with van der Waals surface area (Å²) in [5.41, 5.74) is 1.69. The number of hydrogen-bond acceptors (Lipinski definition) is 2. The number of halogens is 2. The minimum atomic E-state index is -3.61. The molecule has 1 fully saturated rings. The molecule has 1 aliphatic heterocycles. The van der Waals surface area contributed by atoms with Crippen molar-refractivity contribution in [3.05, 3.63) is 29.3 Å². The largest absolute Gasteiger partial charge is 0.243 e. The van der Waals surface area contributed by atoms with Crippen LogP contribution in [0.15, 0.2) is 23.1 Å². The van der Waals surface area contributed by atoms with Gasteiger partial charge in [0.1, 0.15) is 0 Å². The van der Waals surface area contributed by atoms with Crippen LogP contribution in [0.5, 0.6) is 0 Å². The van der Waals surface area contributed by atoms with E-state index < -0.39 is 22.4 Å². The molecule has 0 saturated carbocycles. The smallest absolute Gasteiger partial charge is 0.210 e. The van der Waals surface area contributed by atoms with E-state index in [2.05, 4.69) is 0 Å². The van der Waals surface area contributed by atoms with Crippen LogP contribution in [0.25, 0.3) is 0 Å². The normalized spacial score (nSPS) is 18.1. The maximum absolute atomic E-state index is 12.4. The first-order valence-corrected chi connectivity index (χ1v) is 7.11. The predicted molar refractivity (Wildman–Crippen MR) is 64.2 cm³/mol. The Kier molecular flexibility index (Phi) is 3.42. The van der Waals surface area contributed by atoms with Gasteiger partial charge in [-0.3, -0.25) is 0 Å². The molecule has 2 rings (SSSR count). The van der Waals surface area contributed by atoms with Crippen LogP contribution in [-0.2, 0) is 10.0 Å². The summed E-state index contributed by atoms with van der Waals surface area (Å²) in [6.07, 6.45) is -2.45. The van der Waals surface area contributed by atoms with Crippen LogP contribution in [-0.4, -0.2) is 32.2 Å². The van der Waals surface area contributed by atoms with Crippen molar-refractivity contribution in [2.24, 2.45) is 5.92 Å². The number of benzene rings is 1. The number of nitrogens with zero attached hydrogens (tertiary/aromatic N) is 1. The van der Waals surface area contributed by atoms with Gasteiger partial charge in [-0.05, 0) is 37.1 Å². The molecule has 1 aromatic carbocycles. The summed E-state index contributed by atoms with van der Waals surface area (Å²) in [7, 11) is -3.61. The molecule has 18 heavy (non-hydrogen) atoms. The summed E-state index contributed by atoms with van der Waals surface area (Å²) in [6.45, 7) is 3.44. The van der Waals surface area contributed by atoms with Gasteiger partial charge in [-0.25, -0.2) is 17.2 Å². The molecular weight excluding hydrogens is 260 g/mol. The highest BCUT2D eigenvalue weighted by atomic mass is 32.2. The quantitative estimate of drug-likeness (QED) is 0.848. The number of aryl methyl sites for hydroxylation is 2. The van der Waals surface area contributed by atoms with Crippen molar-refractivity contribution in [2.75, 3.05) is 13.1 Å². The van der Waals surface area contributed by atoms with Crippen LogP contribution >= 0.6 is 0 Å². The van der Waals surface area contributed by atoms with Crippen LogP contribution in [0.4, 0.5) is 8.78 Å². The van der Waals surface area contributed by atoms with Gasteiger partial charge in [-0.15, -0.1) is 0 Å². The number of hydrogen-bond donors (Lipinski definition) is 0. The monoisotopic (exact) mass is 275 g/mol. The van der Waals surface area contributed by atoms with Gasteiger partial charge < -0.3 is 0 Å². The van der Waals surface area contributed by atoms with Gasteiger partial charge in [0, 0.05) is 19.0 Å². The highest BCUT2D eigenvalue weighted by Crippen LogP contribution is 2.29. The Hall–Kier alpha value is -1.01. The van der Waals surface area contributed by atoms with E-state index in [9.17, 15) is 17.2 Å². The molecular formula is C12H15F2NO2S. The molecule has 0 atom stereocenters. The molecule has 0 amide bonds. The van der Waals surface area contributed by atoms with Crippen molar-refractivity contribution >= 4 is 10.0 Å². The SMILES string of the molecule is Cc1cc(C)cc(S(=O)(=O)N2CC(C(F)F)C2)c1. The summed E-state index contributed by atoms with van der Waals surface area (Å²) in [5, 5.41) is 0. The third-order valence-electron chi connectivity index (χ3n) is 3.07. The molecule has 0 spiro atoms. The first-order valence-electron chi connectivity index (χ1n) is 5.67. The Balaban J connectivity index is 2.22.